The largest absolute Gasteiger partial charge is 0.274 e. The summed E-state index contributed by atoms with van der Waals surface area (Å²) in [5.41, 5.74) is 2.42. The van der Waals surface area contributed by atoms with Crippen LogP contribution in [0, 0.1) is 5.92 Å². The maximum absolute atomic E-state index is 10.5. The third-order valence-electron chi connectivity index (χ3n) is 2.16. The normalized spacial score (nSPS) is 19.8. The van der Waals surface area contributed by atoms with Gasteiger partial charge in [0.1, 0.15) is 0 Å². The molecule has 1 aliphatic carbocycles. The zero-order valence-corrected chi connectivity index (χ0v) is 7.55. The maximum atomic E-state index is 10.5. The molecular formula is C9H16N2O. The van der Waals surface area contributed by atoms with Crippen molar-refractivity contribution in [2.24, 2.45) is 11.0 Å². The number of hydrazone groups is 1. The fourth-order valence-electron chi connectivity index (χ4n) is 1.52. The molecule has 0 saturated heterocycles. The Bertz CT molecular complexity index is 171. The van der Waals surface area contributed by atoms with E-state index in [2.05, 4.69) is 10.5 Å². The fraction of sp³-hybridized carbons (Fsp3) is 0.778. The lowest BCUT2D eigenvalue weighted by atomic mass is 9.90. The highest BCUT2D eigenvalue weighted by Crippen LogP contribution is 2.21. The molecule has 0 aromatic heterocycles. The van der Waals surface area contributed by atoms with Gasteiger partial charge in [-0.25, -0.2) is 5.43 Å². The van der Waals surface area contributed by atoms with E-state index in [1.54, 1.807) is 0 Å². The number of hydrogen-bond acceptors (Lipinski definition) is 2. The van der Waals surface area contributed by atoms with Crippen LogP contribution >= 0.6 is 0 Å². The minimum atomic E-state index is -0.0953. The summed E-state index contributed by atoms with van der Waals surface area (Å²) in [4.78, 5) is 10.5. The molecule has 1 amide bonds. The number of rotatable bonds is 2. The van der Waals surface area contributed by atoms with E-state index in [-0.39, 0.29) is 5.91 Å². The summed E-state index contributed by atoms with van der Waals surface area (Å²) >= 11 is 0. The number of carbonyl (C=O) groups excluding carboxylic acids is 1. The van der Waals surface area contributed by atoms with Gasteiger partial charge in [0.15, 0.2) is 0 Å². The molecule has 12 heavy (non-hydrogen) atoms. The minimum absolute atomic E-state index is 0.0953. The van der Waals surface area contributed by atoms with Gasteiger partial charge in [-0.15, -0.1) is 0 Å². The second kappa shape index (κ2) is 4.91. The van der Waals surface area contributed by atoms with Crippen molar-refractivity contribution in [3.05, 3.63) is 0 Å². The second-order valence-electron chi connectivity index (χ2n) is 3.34. The predicted octanol–water partition coefficient (Wildman–Crippen LogP) is 1.69. The fourth-order valence-corrected chi connectivity index (χ4v) is 1.52. The summed E-state index contributed by atoms with van der Waals surface area (Å²) in [6, 6.07) is 0. The molecule has 0 heterocycles. The summed E-state index contributed by atoms with van der Waals surface area (Å²) in [6.07, 6.45) is 8.28. The summed E-state index contributed by atoms with van der Waals surface area (Å²) in [6.45, 7) is 1.47. The molecule has 1 fully saturated rings. The van der Waals surface area contributed by atoms with Crippen molar-refractivity contribution in [2.45, 2.75) is 39.0 Å². The SMILES string of the molecule is CC(=O)N/N=C\C1CCCCC1. The third kappa shape index (κ3) is 3.51. The van der Waals surface area contributed by atoms with Crippen molar-refractivity contribution in [3.63, 3.8) is 0 Å². The van der Waals surface area contributed by atoms with Crippen LogP contribution in [0.15, 0.2) is 5.10 Å². The van der Waals surface area contributed by atoms with E-state index in [4.69, 9.17) is 0 Å². The van der Waals surface area contributed by atoms with Gasteiger partial charge in [0.25, 0.3) is 0 Å². The zero-order valence-electron chi connectivity index (χ0n) is 7.55. The van der Waals surface area contributed by atoms with Gasteiger partial charge < -0.3 is 0 Å². The molecule has 68 valence electrons. The molecule has 3 heteroatoms. The van der Waals surface area contributed by atoms with Gasteiger partial charge in [0, 0.05) is 13.1 Å². The van der Waals surface area contributed by atoms with E-state index in [9.17, 15) is 4.79 Å². The first-order valence-electron chi connectivity index (χ1n) is 4.59. The van der Waals surface area contributed by atoms with Crippen LogP contribution in [0.2, 0.25) is 0 Å². The van der Waals surface area contributed by atoms with Crippen molar-refractivity contribution in [1.82, 2.24) is 5.43 Å². The Morgan fingerprint density at radius 1 is 1.42 bits per heavy atom. The van der Waals surface area contributed by atoms with E-state index < -0.39 is 0 Å². The van der Waals surface area contributed by atoms with E-state index in [1.807, 2.05) is 6.21 Å². The Balaban J connectivity index is 2.19. The smallest absolute Gasteiger partial charge is 0.236 e. The molecule has 0 aromatic rings. The topological polar surface area (TPSA) is 41.5 Å². The molecule has 3 nitrogen and oxygen atoms in total. The minimum Gasteiger partial charge on any atom is -0.274 e. The molecule has 0 spiro atoms. The van der Waals surface area contributed by atoms with Gasteiger partial charge in [0.05, 0.1) is 0 Å². The van der Waals surface area contributed by atoms with E-state index in [0.717, 1.165) is 0 Å². The lowest BCUT2D eigenvalue weighted by Gasteiger charge is -2.16. The van der Waals surface area contributed by atoms with Crippen LogP contribution in [0.4, 0.5) is 0 Å². The Labute approximate surface area is 73.2 Å². The van der Waals surface area contributed by atoms with Gasteiger partial charge in [-0.1, -0.05) is 19.3 Å². The first-order chi connectivity index (χ1) is 5.79. The van der Waals surface area contributed by atoms with Crippen molar-refractivity contribution >= 4 is 12.1 Å². The van der Waals surface area contributed by atoms with Crippen molar-refractivity contribution in [3.8, 4) is 0 Å². The van der Waals surface area contributed by atoms with Gasteiger partial charge in [0.2, 0.25) is 5.91 Å². The quantitative estimate of drug-likeness (QED) is 0.494. The first-order valence-corrected chi connectivity index (χ1v) is 4.59. The summed E-state index contributed by atoms with van der Waals surface area (Å²) in [5, 5.41) is 3.87. The molecule has 0 unspecified atom stereocenters. The average Bonchev–Trinajstić information content (AvgIpc) is 2.05. The second-order valence-corrected chi connectivity index (χ2v) is 3.34. The zero-order chi connectivity index (χ0) is 8.81. The van der Waals surface area contributed by atoms with Crippen LogP contribution < -0.4 is 5.43 Å². The van der Waals surface area contributed by atoms with Gasteiger partial charge >= 0.3 is 0 Å². The summed E-state index contributed by atoms with van der Waals surface area (Å²) in [7, 11) is 0. The maximum Gasteiger partial charge on any atom is 0.236 e. The van der Waals surface area contributed by atoms with Gasteiger partial charge in [-0.2, -0.15) is 5.10 Å². The van der Waals surface area contributed by atoms with E-state index in [1.165, 1.54) is 39.0 Å². The Morgan fingerprint density at radius 2 is 2.08 bits per heavy atom. The predicted molar refractivity (Wildman–Crippen MR) is 48.9 cm³/mol. The van der Waals surface area contributed by atoms with Crippen molar-refractivity contribution in [2.75, 3.05) is 0 Å². The van der Waals surface area contributed by atoms with Crippen molar-refractivity contribution < 1.29 is 4.79 Å². The van der Waals surface area contributed by atoms with Gasteiger partial charge in [-0.05, 0) is 18.8 Å². The number of hydrogen-bond donors (Lipinski definition) is 1. The van der Waals surface area contributed by atoms with Crippen LogP contribution in [0.25, 0.3) is 0 Å². The standard InChI is InChI=1S/C9H16N2O/c1-8(12)11-10-7-9-5-3-2-4-6-9/h7,9H,2-6H2,1H3,(H,11,12)/b10-7-. The number of amides is 1. The molecule has 0 bridgehead atoms. The van der Waals surface area contributed by atoms with E-state index in [0.29, 0.717) is 5.92 Å². The molecule has 0 aromatic carbocycles. The summed E-state index contributed by atoms with van der Waals surface area (Å²) in [5.74, 6) is 0.493. The average molecular weight is 168 g/mol. The Hall–Kier alpha value is -0.860. The highest BCUT2D eigenvalue weighted by Gasteiger charge is 2.10. The van der Waals surface area contributed by atoms with Crippen LogP contribution in [0.1, 0.15) is 39.0 Å². The van der Waals surface area contributed by atoms with Crippen LogP contribution in [-0.4, -0.2) is 12.1 Å². The molecular weight excluding hydrogens is 152 g/mol. The molecule has 0 radical (unpaired) electrons. The van der Waals surface area contributed by atoms with Crippen LogP contribution in [0.5, 0.6) is 0 Å². The van der Waals surface area contributed by atoms with Crippen molar-refractivity contribution in [1.29, 1.82) is 0 Å². The molecule has 1 aliphatic rings. The monoisotopic (exact) mass is 168 g/mol. The number of nitrogens with one attached hydrogen (secondary N) is 1. The molecule has 0 aliphatic heterocycles. The Kier molecular flexibility index (Phi) is 3.77. The third-order valence-corrected chi connectivity index (χ3v) is 2.16. The molecule has 0 atom stereocenters. The summed E-state index contributed by atoms with van der Waals surface area (Å²) < 4.78 is 0. The number of carbonyl (C=O) groups is 1. The first kappa shape index (κ1) is 9.23. The van der Waals surface area contributed by atoms with Crippen LogP contribution in [0.3, 0.4) is 0 Å². The highest BCUT2D eigenvalue weighted by atomic mass is 16.2. The lowest BCUT2D eigenvalue weighted by molar-refractivity contribution is -0.118. The lowest BCUT2D eigenvalue weighted by Crippen LogP contribution is -2.15. The number of nitrogens with zero attached hydrogens (tertiary/aromatic N) is 1. The molecule has 1 rings (SSSR count). The van der Waals surface area contributed by atoms with Crippen LogP contribution in [-0.2, 0) is 4.79 Å². The molecule has 1 N–H and O–H groups in total. The highest BCUT2D eigenvalue weighted by molar-refractivity contribution is 5.74. The van der Waals surface area contributed by atoms with Gasteiger partial charge in [-0.3, -0.25) is 4.79 Å². The Morgan fingerprint density at radius 3 is 2.67 bits per heavy atom. The molecule has 1 saturated carbocycles. The van der Waals surface area contributed by atoms with E-state index >= 15 is 0 Å².